The summed E-state index contributed by atoms with van der Waals surface area (Å²) in [5, 5.41) is 5.49. The summed E-state index contributed by atoms with van der Waals surface area (Å²) in [5.41, 5.74) is 11.8. The van der Waals surface area contributed by atoms with E-state index in [1.807, 2.05) is 6.07 Å². The van der Waals surface area contributed by atoms with Gasteiger partial charge in [0.1, 0.15) is 5.58 Å². The van der Waals surface area contributed by atoms with Gasteiger partial charge in [-0.2, -0.15) is 9.97 Å². The van der Waals surface area contributed by atoms with E-state index in [4.69, 9.17) is 24.4 Å². The average Bonchev–Trinajstić information content (AvgIpc) is 3.95. The molecule has 2 unspecified atom stereocenters. The molecule has 0 N–H and O–H groups in total. The number of para-hydroxylation sites is 4. The van der Waals surface area contributed by atoms with E-state index >= 15 is 0 Å². The largest absolute Gasteiger partial charge is 0.454 e. The summed E-state index contributed by atoms with van der Waals surface area (Å²) in [7, 11) is 0. The number of fused-ring (bicyclic) bond motifs is 16. The second kappa shape index (κ2) is 9.80. The van der Waals surface area contributed by atoms with Crippen molar-refractivity contribution in [2.24, 2.45) is 0 Å². The molecule has 5 heterocycles. The minimum absolute atomic E-state index is 0.127. The summed E-state index contributed by atoms with van der Waals surface area (Å²) in [5.74, 6) is 2.28. The Labute approximate surface area is 301 Å². The number of hydrogen-bond donors (Lipinski definition) is 0. The lowest BCUT2D eigenvalue weighted by molar-refractivity contribution is 0.600. The standard InChI is InChI=1S/C46H26N6O/c1-2-16-28-27(15-1)37-31-19-7-11-23-35(31)52(42(37)43-38(28)32-20-8-12-24-36(32)53-43)46-48-41-30-18-4-3-17-29(30)40-39(41)44(50-46)49-45(47-40)51-33-21-9-5-13-25(33)26-14-6-10-22-34(26)51/h1-24,27-28H. The predicted molar refractivity (Wildman–Crippen MR) is 210 cm³/mol. The lowest BCUT2D eigenvalue weighted by Crippen LogP contribution is -2.16. The number of rotatable bonds is 2. The molecule has 5 aromatic carbocycles. The third-order valence-corrected chi connectivity index (χ3v) is 11.5. The molecule has 0 fully saturated rings. The van der Waals surface area contributed by atoms with Crippen LogP contribution < -0.4 is 0 Å². The van der Waals surface area contributed by atoms with Crippen LogP contribution in [0.4, 0.5) is 0 Å². The maximum absolute atomic E-state index is 6.85. The minimum atomic E-state index is 0.127. The number of hydrogen-bond acceptors (Lipinski definition) is 5. The van der Waals surface area contributed by atoms with Crippen molar-refractivity contribution in [2.45, 2.75) is 11.8 Å². The second-order valence-electron chi connectivity index (χ2n) is 14.1. The van der Waals surface area contributed by atoms with Crippen LogP contribution in [0.15, 0.2) is 150 Å². The highest BCUT2D eigenvalue weighted by Crippen LogP contribution is 2.56. The molecule has 10 aromatic rings. The van der Waals surface area contributed by atoms with E-state index in [0.717, 1.165) is 77.6 Å². The molecule has 2 atom stereocenters. The van der Waals surface area contributed by atoms with Crippen LogP contribution in [0.2, 0.25) is 0 Å². The Morgan fingerprint density at radius 3 is 1.64 bits per heavy atom. The molecule has 53 heavy (non-hydrogen) atoms. The summed E-state index contributed by atoms with van der Waals surface area (Å²) >= 11 is 0. The Hall–Kier alpha value is -7.12. The van der Waals surface area contributed by atoms with E-state index in [0.29, 0.717) is 17.5 Å². The van der Waals surface area contributed by atoms with Gasteiger partial charge in [0.2, 0.25) is 11.9 Å². The molecule has 3 aliphatic rings. The third kappa shape index (κ3) is 3.44. The van der Waals surface area contributed by atoms with Crippen molar-refractivity contribution in [1.29, 1.82) is 0 Å². The fourth-order valence-electron chi connectivity index (χ4n) is 9.40. The van der Waals surface area contributed by atoms with Crippen molar-refractivity contribution in [3.63, 3.8) is 0 Å². The summed E-state index contributed by atoms with van der Waals surface area (Å²) < 4.78 is 11.2. The number of nitrogens with zero attached hydrogens (tertiary/aromatic N) is 6. The van der Waals surface area contributed by atoms with Crippen molar-refractivity contribution in [1.82, 2.24) is 29.1 Å². The predicted octanol–water partition coefficient (Wildman–Crippen LogP) is 10.8. The van der Waals surface area contributed by atoms with Gasteiger partial charge < -0.3 is 4.42 Å². The van der Waals surface area contributed by atoms with Crippen molar-refractivity contribution in [2.75, 3.05) is 0 Å². The lowest BCUT2D eigenvalue weighted by Gasteiger charge is -2.30. The van der Waals surface area contributed by atoms with E-state index in [2.05, 4.69) is 149 Å². The maximum atomic E-state index is 6.85. The van der Waals surface area contributed by atoms with Crippen molar-refractivity contribution >= 4 is 54.7 Å². The molecule has 0 saturated carbocycles. The Morgan fingerprint density at radius 2 is 0.981 bits per heavy atom. The van der Waals surface area contributed by atoms with Crippen LogP contribution in [-0.4, -0.2) is 29.1 Å². The van der Waals surface area contributed by atoms with Crippen LogP contribution in [0, 0.1) is 0 Å². The van der Waals surface area contributed by atoms with E-state index in [1.54, 1.807) is 0 Å². The lowest BCUT2D eigenvalue weighted by atomic mass is 9.73. The Kier molecular flexibility index (Phi) is 5.10. The topological polar surface area (TPSA) is 74.6 Å². The maximum Gasteiger partial charge on any atom is 0.237 e. The SMILES string of the molecule is C1=CC2c3c(oc4ccccc34)-c3c(c4ccccc4n3-c3nc4c5c(nc(-n6c7ccccc7c7ccccc76)nc5n3)-c3ccccc3-4)C2C=C1. The smallest absolute Gasteiger partial charge is 0.237 e. The van der Waals surface area contributed by atoms with Gasteiger partial charge in [-0.05, 0) is 29.8 Å². The molecule has 0 amide bonds. The first-order valence-electron chi connectivity index (χ1n) is 18.0. The molecule has 0 saturated heterocycles. The first kappa shape index (κ1) is 27.6. The molecule has 0 aliphatic heterocycles. The van der Waals surface area contributed by atoms with Crippen LogP contribution in [-0.2, 0) is 0 Å². The van der Waals surface area contributed by atoms with Gasteiger partial charge in [0.15, 0.2) is 11.4 Å². The number of allylic oxidation sites excluding steroid dienone is 4. The molecule has 0 bridgehead atoms. The molecule has 3 aliphatic carbocycles. The van der Waals surface area contributed by atoms with Crippen LogP contribution >= 0.6 is 0 Å². The van der Waals surface area contributed by atoms with Gasteiger partial charge in [0, 0.05) is 50.1 Å². The highest BCUT2D eigenvalue weighted by Gasteiger charge is 2.41. The second-order valence-corrected chi connectivity index (χ2v) is 14.1. The first-order chi connectivity index (χ1) is 26.3. The average molecular weight is 679 g/mol. The monoisotopic (exact) mass is 678 g/mol. The summed E-state index contributed by atoms with van der Waals surface area (Å²) in [6, 6.07) is 42.3. The van der Waals surface area contributed by atoms with E-state index in [9.17, 15) is 0 Å². The molecular weight excluding hydrogens is 653 g/mol. The van der Waals surface area contributed by atoms with Crippen molar-refractivity contribution in [3.05, 3.63) is 157 Å². The zero-order chi connectivity index (χ0) is 34.4. The van der Waals surface area contributed by atoms with Gasteiger partial charge in [-0.3, -0.25) is 9.13 Å². The quantitative estimate of drug-likeness (QED) is 0.182. The Bertz CT molecular complexity index is 3270. The summed E-state index contributed by atoms with van der Waals surface area (Å²) in [6.45, 7) is 0. The summed E-state index contributed by atoms with van der Waals surface area (Å²) in [4.78, 5) is 21.4. The van der Waals surface area contributed by atoms with Crippen molar-refractivity contribution < 1.29 is 4.42 Å². The summed E-state index contributed by atoms with van der Waals surface area (Å²) in [6.07, 6.45) is 8.98. The number of benzene rings is 5. The molecular formula is C46H26N6O. The van der Waals surface area contributed by atoms with Gasteiger partial charge in [0.05, 0.1) is 39.0 Å². The van der Waals surface area contributed by atoms with E-state index < -0.39 is 0 Å². The van der Waals surface area contributed by atoms with E-state index in [1.165, 1.54) is 16.5 Å². The van der Waals surface area contributed by atoms with Gasteiger partial charge in [0.25, 0.3) is 0 Å². The van der Waals surface area contributed by atoms with Crippen LogP contribution in [0.5, 0.6) is 0 Å². The molecule has 13 rings (SSSR count). The molecule has 7 nitrogen and oxygen atoms in total. The number of furan rings is 1. The highest BCUT2D eigenvalue weighted by molar-refractivity contribution is 6.12. The van der Waals surface area contributed by atoms with Crippen LogP contribution in [0.1, 0.15) is 23.0 Å². The fourth-order valence-corrected chi connectivity index (χ4v) is 9.40. The Morgan fingerprint density at radius 1 is 0.472 bits per heavy atom. The molecule has 7 heteroatoms. The number of aromatic nitrogens is 6. The van der Waals surface area contributed by atoms with Gasteiger partial charge in [-0.1, -0.05) is 121 Å². The molecule has 5 aromatic heterocycles. The molecule has 0 spiro atoms. The zero-order valence-electron chi connectivity index (χ0n) is 28.1. The van der Waals surface area contributed by atoms with Crippen molar-refractivity contribution in [3.8, 4) is 45.9 Å². The van der Waals surface area contributed by atoms with Crippen LogP contribution in [0.25, 0.3) is 101 Å². The normalized spacial score (nSPS) is 16.5. The van der Waals surface area contributed by atoms with Gasteiger partial charge in [-0.25, -0.2) is 9.97 Å². The highest BCUT2D eigenvalue weighted by atomic mass is 16.3. The molecule has 246 valence electrons. The fraction of sp³-hybridized carbons (Fsp3) is 0.0435. The van der Waals surface area contributed by atoms with Gasteiger partial charge >= 0.3 is 0 Å². The van der Waals surface area contributed by atoms with Gasteiger partial charge in [-0.15, -0.1) is 0 Å². The Balaban J connectivity index is 1.16. The third-order valence-electron chi connectivity index (χ3n) is 11.5. The molecule has 0 radical (unpaired) electrons. The first-order valence-corrected chi connectivity index (χ1v) is 18.0. The van der Waals surface area contributed by atoms with Crippen LogP contribution in [0.3, 0.4) is 0 Å². The minimum Gasteiger partial charge on any atom is -0.454 e. The van der Waals surface area contributed by atoms with E-state index in [-0.39, 0.29) is 11.8 Å². The zero-order valence-corrected chi connectivity index (χ0v) is 28.1.